The number of morpholine rings is 1. The first-order valence-electron chi connectivity index (χ1n) is 4.01. The van der Waals surface area contributed by atoms with Crippen LogP contribution in [-0.4, -0.2) is 30.2 Å². The SMILES string of the molecule is CC1(C)COC(=O)C2(C)C[NH+]12. The molecule has 0 bridgehead atoms. The number of carbonyl (C=O) groups excluding carboxylic acids is 1. The maximum absolute atomic E-state index is 11.2. The molecule has 3 heteroatoms. The van der Waals surface area contributed by atoms with Crippen molar-refractivity contribution in [2.75, 3.05) is 13.2 Å². The summed E-state index contributed by atoms with van der Waals surface area (Å²) in [5, 5.41) is 0. The zero-order valence-electron chi connectivity index (χ0n) is 7.23. The Morgan fingerprint density at radius 3 is 2.64 bits per heavy atom. The molecule has 2 saturated heterocycles. The van der Waals surface area contributed by atoms with Crippen LogP contribution in [0.1, 0.15) is 20.8 Å². The molecule has 62 valence electrons. The van der Waals surface area contributed by atoms with Gasteiger partial charge in [-0.05, 0) is 13.8 Å². The van der Waals surface area contributed by atoms with Crippen LogP contribution in [0.15, 0.2) is 0 Å². The van der Waals surface area contributed by atoms with E-state index in [-0.39, 0.29) is 17.0 Å². The van der Waals surface area contributed by atoms with Crippen LogP contribution in [0.25, 0.3) is 0 Å². The van der Waals surface area contributed by atoms with Crippen LogP contribution in [0.4, 0.5) is 0 Å². The van der Waals surface area contributed by atoms with Crippen molar-refractivity contribution >= 4 is 5.97 Å². The van der Waals surface area contributed by atoms with Gasteiger partial charge in [-0.1, -0.05) is 0 Å². The highest BCUT2D eigenvalue weighted by Crippen LogP contribution is 2.21. The van der Waals surface area contributed by atoms with E-state index < -0.39 is 0 Å². The lowest BCUT2D eigenvalue weighted by Crippen LogP contribution is -3.09. The zero-order chi connectivity index (χ0) is 8.28. The third kappa shape index (κ3) is 0.745. The highest BCUT2D eigenvalue weighted by molar-refractivity contribution is 5.81. The predicted molar refractivity (Wildman–Crippen MR) is 39.3 cm³/mol. The summed E-state index contributed by atoms with van der Waals surface area (Å²) >= 11 is 0. The van der Waals surface area contributed by atoms with E-state index in [1.165, 1.54) is 4.90 Å². The van der Waals surface area contributed by atoms with Crippen molar-refractivity contribution in [1.82, 2.24) is 0 Å². The van der Waals surface area contributed by atoms with Crippen LogP contribution < -0.4 is 4.90 Å². The third-order valence-corrected chi connectivity index (χ3v) is 2.90. The summed E-state index contributed by atoms with van der Waals surface area (Å²) < 4.78 is 5.09. The lowest BCUT2D eigenvalue weighted by atomic mass is 10.0. The Bertz CT molecular complexity index is 224. The first kappa shape index (κ1) is 7.10. The van der Waals surface area contributed by atoms with E-state index in [9.17, 15) is 4.79 Å². The Morgan fingerprint density at radius 1 is 1.45 bits per heavy atom. The van der Waals surface area contributed by atoms with E-state index in [0.717, 1.165) is 6.54 Å². The molecule has 3 nitrogen and oxygen atoms in total. The molecule has 2 unspecified atom stereocenters. The molecule has 2 fully saturated rings. The average molecular weight is 156 g/mol. The average Bonchev–Trinajstić information content (AvgIpc) is 2.58. The molecule has 0 spiro atoms. The number of quaternary nitrogens is 1. The van der Waals surface area contributed by atoms with E-state index in [0.29, 0.717) is 6.61 Å². The van der Waals surface area contributed by atoms with Gasteiger partial charge in [-0.3, -0.25) is 0 Å². The van der Waals surface area contributed by atoms with Crippen molar-refractivity contribution in [3.63, 3.8) is 0 Å². The quantitative estimate of drug-likeness (QED) is 0.359. The Labute approximate surface area is 66.3 Å². The number of fused-ring (bicyclic) bond motifs is 1. The molecule has 0 aromatic rings. The fourth-order valence-corrected chi connectivity index (χ4v) is 1.98. The van der Waals surface area contributed by atoms with Gasteiger partial charge >= 0.3 is 5.97 Å². The Hall–Kier alpha value is -0.570. The molecule has 2 rings (SSSR count). The molecule has 0 amide bonds. The second kappa shape index (κ2) is 1.61. The van der Waals surface area contributed by atoms with Crippen LogP contribution >= 0.6 is 0 Å². The molecule has 2 atom stereocenters. The van der Waals surface area contributed by atoms with Crippen molar-refractivity contribution < 1.29 is 14.4 Å². The smallest absolute Gasteiger partial charge is 0.374 e. The van der Waals surface area contributed by atoms with E-state index >= 15 is 0 Å². The highest BCUT2D eigenvalue weighted by Gasteiger charge is 2.70. The van der Waals surface area contributed by atoms with E-state index in [1.807, 2.05) is 6.92 Å². The van der Waals surface area contributed by atoms with Crippen molar-refractivity contribution in [3.8, 4) is 0 Å². The maximum atomic E-state index is 11.2. The molecule has 11 heavy (non-hydrogen) atoms. The van der Waals surface area contributed by atoms with E-state index in [4.69, 9.17) is 4.74 Å². The third-order valence-electron chi connectivity index (χ3n) is 2.90. The molecule has 2 aliphatic heterocycles. The van der Waals surface area contributed by atoms with Crippen molar-refractivity contribution in [1.29, 1.82) is 0 Å². The van der Waals surface area contributed by atoms with Gasteiger partial charge in [0.15, 0.2) is 0 Å². The monoisotopic (exact) mass is 156 g/mol. The molecule has 2 aliphatic rings. The van der Waals surface area contributed by atoms with Gasteiger partial charge in [-0.15, -0.1) is 0 Å². The van der Waals surface area contributed by atoms with Gasteiger partial charge in [-0.2, -0.15) is 0 Å². The number of cyclic esters (lactones) is 1. The van der Waals surface area contributed by atoms with Crippen LogP contribution in [-0.2, 0) is 9.53 Å². The summed E-state index contributed by atoms with van der Waals surface area (Å²) in [4.78, 5) is 12.6. The number of nitrogens with one attached hydrogen (secondary N) is 1. The lowest BCUT2D eigenvalue weighted by Gasteiger charge is -2.29. The minimum atomic E-state index is -0.207. The Kier molecular flexibility index (Phi) is 1.04. The second-order valence-electron chi connectivity index (χ2n) is 4.45. The summed E-state index contributed by atoms with van der Waals surface area (Å²) in [6.07, 6.45) is 0. The standard InChI is InChI=1S/C8H13NO2/c1-7(2)5-11-6(10)8(3)4-9(7)8/h4-5H2,1-3H3/p+1. The van der Waals surface area contributed by atoms with Crippen LogP contribution in [0.3, 0.4) is 0 Å². The van der Waals surface area contributed by atoms with Crippen molar-refractivity contribution in [2.45, 2.75) is 31.8 Å². The summed E-state index contributed by atoms with van der Waals surface area (Å²) in [6, 6.07) is 0. The summed E-state index contributed by atoms with van der Waals surface area (Å²) in [6.45, 7) is 7.77. The van der Waals surface area contributed by atoms with E-state index in [1.54, 1.807) is 0 Å². The van der Waals surface area contributed by atoms with Gasteiger partial charge in [0.05, 0.1) is 0 Å². The largest absolute Gasteiger partial charge is 0.454 e. The molecule has 0 aromatic heterocycles. The van der Waals surface area contributed by atoms with Gasteiger partial charge in [0.1, 0.15) is 18.7 Å². The highest BCUT2D eigenvalue weighted by atomic mass is 16.5. The second-order valence-corrected chi connectivity index (χ2v) is 4.45. The molecule has 1 N–H and O–H groups in total. The Balaban J connectivity index is 2.26. The van der Waals surface area contributed by atoms with Crippen LogP contribution in [0.2, 0.25) is 0 Å². The summed E-state index contributed by atoms with van der Waals surface area (Å²) in [7, 11) is 0. The van der Waals surface area contributed by atoms with Crippen LogP contribution in [0.5, 0.6) is 0 Å². The molecule has 2 heterocycles. The minimum Gasteiger partial charge on any atom is -0.454 e. The zero-order valence-corrected chi connectivity index (χ0v) is 7.23. The van der Waals surface area contributed by atoms with Gasteiger partial charge in [0, 0.05) is 6.92 Å². The number of carbonyl (C=O) groups is 1. The summed E-state index contributed by atoms with van der Waals surface area (Å²) in [5.41, 5.74) is -0.0790. The molecular weight excluding hydrogens is 142 g/mol. The van der Waals surface area contributed by atoms with Gasteiger partial charge in [-0.25, -0.2) is 4.79 Å². The van der Waals surface area contributed by atoms with E-state index in [2.05, 4.69) is 13.8 Å². The number of hydrogen-bond acceptors (Lipinski definition) is 2. The molecule has 0 aliphatic carbocycles. The molecule has 0 saturated carbocycles. The normalized spacial score (nSPS) is 46.1. The van der Waals surface area contributed by atoms with Crippen molar-refractivity contribution in [2.24, 2.45) is 0 Å². The fourth-order valence-electron chi connectivity index (χ4n) is 1.98. The molecule has 0 aromatic carbocycles. The number of hydrogen-bond donors (Lipinski definition) is 1. The molecule has 0 radical (unpaired) electrons. The van der Waals surface area contributed by atoms with Gasteiger partial charge in [0.2, 0.25) is 5.54 Å². The number of esters is 1. The topological polar surface area (TPSA) is 30.7 Å². The maximum Gasteiger partial charge on any atom is 0.374 e. The first-order valence-corrected chi connectivity index (χ1v) is 4.01. The minimum absolute atomic E-state index is 0.0215. The predicted octanol–water partition coefficient (Wildman–Crippen LogP) is -1.02. The lowest BCUT2D eigenvalue weighted by molar-refractivity contribution is -0.848. The van der Waals surface area contributed by atoms with Gasteiger partial charge in [0.25, 0.3) is 0 Å². The van der Waals surface area contributed by atoms with Gasteiger partial charge < -0.3 is 9.64 Å². The number of ether oxygens (including phenoxy) is 1. The fraction of sp³-hybridized carbons (Fsp3) is 0.875. The van der Waals surface area contributed by atoms with Crippen molar-refractivity contribution in [3.05, 3.63) is 0 Å². The first-order chi connectivity index (χ1) is 4.97. The number of rotatable bonds is 0. The summed E-state index contributed by atoms with van der Waals surface area (Å²) in [5.74, 6) is -0.0215. The Morgan fingerprint density at radius 2 is 2.09 bits per heavy atom. The van der Waals surface area contributed by atoms with Crippen LogP contribution in [0, 0.1) is 0 Å². The molecular formula is C8H14NO2+.